The maximum Gasteiger partial charge on any atom is 0.233 e. The summed E-state index contributed by atoms with van der Waals surface area (Å²) in [7, 11) is 0. The van der Waals surface area contributed by atoms with E-state index in [1.54, 1.807) is 0 Å². The third-order valence-electron chi connectivity index (χ3n) is 8.36. The van der Waals surface area contributed by atoms with Crippen LogP contribution in [0.1, 0.15) is 69.1 Å². The molecule has 4 N–H and O–H groups in total. The Morgan fingerprint density at radius 1 is 1.27 bits per heavy atom. The van der Waals surface area contributed by atoms with Crippen molar-refractivity contribution in [2.75, 3.05) is 26.2 Å². The minimum Gasteiger partial charge on any atom is -0.370 e. The van der Waals surface area contributed by atoms with Crippen LogP contribution in [-0.2, 0) is 16.8 Å². The van der Waals surface area contributed by atoms with Crippen molar-refractivity contribution in [3.63, 3.8) is 0 Å². The van der Waals surface area contributed by atoms with E-state index in [4.69, 9.17) is 11.1 Å². The van der Waals surface area contributed by atoms with Crippen molar-refractivity contribution < 1.29 is 4.79 Å². The highest BCUT2D eigenvalue weighted by Crippen LogP contribution is 2.44. The van der Waals surface area contributed by atoms with Crippen LogP contribution in [0.25, 0.3) is 0 Å². The van der Waals surface area contributed by atoms with Crippen LogP contribution in [0.15, 0.2) is 18.2 Å². The molecule has 2 heterocycles. The maximum absolute atomic E-state index is 13.8. The standard InChI is InChI=1S/C26H38N6O/c1-18(2)20-4-6-22(7-5-20)31-12-9-26(10-13-31)23-8-3-19(16-27)15-21(23)17-32(24(26)33)14-11-30-25(28)29/h3,8,15,18,20,22H,4-7,9-14,17H2,1-2H3,(H4,28,29,30)/t20-,22+. The number of piperidine rings is 1. The Labute approximate surface area is 197 Å². The number of fused-ring (bicyclic) bond motifs is 2. The molecule has 0 bridgehead atoms. The summed E-state index contributed by atoms with van der Waals surface area (Å²) < 4.78 is 0. The number of nitriles is 1. The van der Waals surface area contributed by atoms with Gasteiger partial charge in [-0.15, -0.1) is 0 Å². The molecule has 1 amide bonds. The molecule has 7 nitrogen and oxygen atoms in total. The van der Waals surface area contributed by atoms with Gasteiger partial charge in [-0.25, -0.2) is 0 Å². The van der Waals surface area contributed by atoms with Gasteiger partial charge in [-0.2, -0.15) is 5.26 Å². The number of nitrogens with two attached hydrogens (primary N) is 1. The van der Waals surface area contributed by atoms with E-state index in [0.717, 1.165) is 48.9 Å². The first kappa shape index (κ1) is 23.6. The number of rotatable bonds is 5. The summed E-state index contributed by atoms with van der Waals surface area (Å²) in [6, 6.07) is 8.73. The molecule has 1 aromatic rings. The number of hydrogen-bond donors (Lipinski definition) is 3. The van der Waals surface area contributed by atoms with E-state index in [1.807, 2.05) is 23.1 Å². The number of likely N-dealkylation sites (tertiary alicyclic amines) is 1. The number of carbonyl (C=O) groups is 1. The quantitative estimate of drug-likeness (QED) is 0.472. The fraction of sp³-hybridized carbons (Fsp3) is 0.654. The Balaban J connectivity index is 1.51. The van der Waals surface area contributed by atoms with E-state index in [0.29, 0.717) is 31.2 Å². The van der Waals surface area contributed by atoms with Crippen molar-refractivity contribution in [2.45, 2.75) is 70.4 Å². The highest BCUT2D eigenvalue weighted by Gasteiger charge is 2.49. The van der Waals surface area contributed by atoms with E-state index in [2.05, 4.69) is 30.1 Å². The number of benzene rings is 1. The van der Waals surface area contributed by atoms with Crippen molar-refractivity contribution in [3.05, 3.63) is 34.9 Å². The van der Waals surface area contributed by atoms with Gasteiger partial charge in [0.05, 0.1) is 17.0 Å². The molecule has 1 saturated heterocycles. The predicted octanol–water partition coefficient (Wildman–Crippen LogP) is 2.93. The Morgan fingerprint density at radius 3 is 2.58 bits per heavy atom. The predicted molar refractivity (Wildman–Crippen MR) is 130 cm³/mol. The summed E-state index contributed by atoms with van der Waals surface area (Å²) in [5, 5.41) is 19.6. The molecular formula is C26H38N6O. The van der Waals surface area contributed by atoms with Crippen LogP contribution in [0.3, 0.4) is 0 Å². The van der Waals surface area contributed by atoms with Gasteiger partial charge < -0.3 is 20.9 Å². The number of amides is 1. The number of nitrogens with zero attached hydrogens (tertiary/aromatic N) is 3. The topological polar surface area (TPSA) is 109 Å². The van der Waals surface area contributed by atoms with Crippen molar-refractivity contribution in [3.8, 4) is 6.07 Å². The fourth-order valence-electron chi connectivity index (χ4n) is 6.35. The first-order valence-electron chi connectivity index (χ1n) is 12.5. The lowest BCUT2D eigenvalue weighted by Gasteiger charge is -2.49. The second kappa shape index (κ2) is 9.72. The van der Waals surface area contributed by atoms with Gasteiger partial charge in [0, 0.05) is 25.7 Å². The second-order valence-electron chi connectivity index (χ2n) is 10.5. The lowest BCUT2D eigenvalue weighted by molar-refractivity contribution is -0.142. The first-order valence-corrected chi connectivity index (χ1v) is 12.5. The highest BCUT2D eigenvalue weighted by molar-refractivity contribution is 5.90. The fourth-order valence-corrected chi connectivity index (χ4v) is 6.35. The maximum atomic E-state index is 13.8. The Morgan fingerprint density at radius 2 is 1.97 bits per heavy atom. The number of nitrogens with one attached hydrogen (secondary N) is 2. The van der Waals surface area contributed by atoms with E-state index >= 15 is 0 Å². The van der Waals surface area contributed by atoms with E-state index in [-0.39, 0.29) is 11.9 Å². The summed E-state index contributed by atoms with van der Waals surface area (Å²) >= 11 is 0. The zero-order valence-corrected chi connectivity index (χ0v) is 20.1. The Kier molecular flexibility index (Phi) is 6.94. The molecule has 33 heavy (non-hydrogen) atoms. The van der Waals surface area contributed by atoms with E-state index in [1.165, 1.54) is 25.7 Å². The largest absolute Gasteiger partial charge is 0.370 e. The molecule has 2 aliphatic heterocycles. The zero-order chi connectivity index (χ0) is 23.6. The van der Waals surface area contributed by atoms with E-state index in [9.17, 15) is 10.1 Å². The first-order chi connectivity index (χ1) is 15.8. The lowest BCUT2D eigenvalue weighted by Crippen LogP contribution is -2.58. The van der Waals surface area contributed by atoms with Crippen LogP contribution in [0.4, 0.5) is 0 Å². The van der Waals surface area contributed by atoms with Gasteiger partial charge in [-0.1, -0.05) is 19.9 Å². The molecule has 4 rings (SSSR count). The van der Waals surface area contributed by atoms with Crippen LogP contribution in [0.2, 0.25) is 0 Å². The lowest BCUT2D eigenvalue weighted by atomic mass is 9.67. The molecule has 0 aromatic heterocycles. The monoisotopic (exact) mass is 450 g/mol. The van der Waals surface area contributed by atoms with Gasteiger partial charge in [0.1, 0.15) is 0 Å². The van der Waals surface area contributed by atoms with Crippen LogP contribution in [0, 0.1) is 28.6 Å². The molecule has 0 radical (unpaired) electrons. The van der Waals surface area contributed by atoms with Crippen molar-refractivity contribution in [1.29, 1.82) is 10.7 Å². The van der Waals surface area contributed by atoms with Crippen LogP contribution < -0.4 is 11.1 Å². The van der Waals surface area contributed by atoms with E-state index < -0.39 is 5.41 Å². The number of hydrogen-bond acceptors (Lipinski definition) is 4. The third kappa shape index (κ3) is 4.72. The molecule has 3 aliphatic rings. The normalized spacial score (nSPS) is 25.0. The smallest absolute Gasteiger partial charge is 0.233 e. The summed E-state index contributed by atoms with van der Waals surface area (Å²) in [5.41, 5.74) is 7.76. The molecule has 0 atom stereocenters. The van der Waals surface area contributed by atoms with Crippen LogP contribution in [0.5, 0.6) is 0 Å². The van der Waals surface area contributed by atoms with Crippen molar-refractivity contribution in [1.82, 2.24) is 15.1 Å². The minimum atomic E-state index is -0.510. The van der Waals surface area contributed by atoms with Gasteiger partial charge in [-0.3, -0.25) is 10.2 Å². The molecule has 1 spiro atoms. The average molecular weight is 451 g/mol. The van der Waals surface area contributed by atoms with Gasteiger partial charge in [0.2, 0.25) is 5.91 Å². The summed E-state index contributed by atoms with van der Waals surface area (Å²) in [6.07, 6.45) is 6.83. The zero-order valence-electron chi connectivity index (χ0n) is 20.1. The minimum absolute atomic E-state index is 0.0816. The molecule has 2 fully saturated rings. The SMILES string of the molecule is CC(C)[C@H]1CC[C@@H](N2CCC3(CC2)C(=O)N(CCNC(=N)N)Cc2cc(C#N)ccc23)CC1. The summed E-state index contributed by atoms with van der Waals surface area (Å²) in [5.74, 6) is 1.74. The number of carbonyl (C=O) groups excluding carboxylic acids is 1. The van der Waals surface area contributed by atoms with Gasteiger partial charge in [-0.05, 0) is 86.7 Å². The molecule has 0 unspecified atom stereocenters. The molecule has 7 heteroatoms. The van der Waals surface area contributed by atoms with Gasteiger partial charge in [0.25, 0.3) is 0 Å². The van der Waals surface area contributed by atoms with Gasteiger partial charge >= 0.3 is 0 Å². The second-order valence-corrected chi connectivity index (χ2v) is 10.5. The summed E-state index contributed by atoms with van der Waals surface area (Å²) in [4.78, 5) is 18.4. The van der Waals surface area contributed by atoms with Crippen molar-refractivity contribution in [2.24, 2.45) is 17.6 Å². The van der Waals surface area contributed by atoms with Crippen LogP contribution >= 0.6 is 0 Å². The number of guanidine groups is 1. The average Bonchev–Trinajstić information content (AvgIpc) is 2.82. The Bertz CT molecular complexity index is 919. The highest BCUT2D eigenvalue weighted by atomic mass is 16.2. The van der Waals surface area contributed by atoms with Gasteiger partial charge in [0.15, 0.2) is 5.96 Å². The van der Waals surface area contributed by atoms with Crippen molar-refractivity contribution >= 4 is 11.9 Å². The molecule has 1 aliphatic carbocycles. The molecule has 1 aromatic carbocycles. The molecular weight excluding hydrogens is 412 g/mol. The molecule has 1 saturated carbocycles. The summed E-state index contributed by atoms with van der Waals surface area (Å²) in [6.45, 7) is 8.04. The Hall–Kier alpha value is -2.59. The third-order valence-corrected chi connectivity index (χ3v) is 8.36. The van der Waals surface area contributed by atoms with Crippen LogP contribution in [-0.4, -0.2) is 53.9 Å². The molecule has 178 valence electrons.